The summed E-state index contributed by atoms with van der Waals surface area (Å²) in [7, 11) is -1.97. The Morgan fingerprint density at radius 1 is 0.914 bits per heavy atom. The summed E-state index contributed by atoms with van der Waals surface area (Å²) in [6.45, 7) is 1.66. The van der Waals surface area contributed by atoms with Gasteiger partial charge in [-0.25, -0.2) is 8.42 Å². The second-order valence-electron chi connectivity index (χ2n) is 9.00. The first kappa shape index (κ1) is 23.3. The van der Waals surface area contributed by atoms with Crippen LogP contribution >= 0.6 is 0 Å². The molecule has 35 heavy (non-hydrogen) atoms. The van der Waals surface area contributed by atoms with Crippen LogP contribution in [-0.2, 0) is 23.5 Å². The van der Waals surface area contributed by atoms with Crippen molar-refractivity contribution in [2.75, 3.05) is 29.9 Å². The van der Waals surface area contributed by atoms with E-state index in [0.29, 0.717) is 30.9 Å². The van der Waals surface area contributed by atoms with Crippen LogP contribution in [0.4, 0.5) is 11.4 Å². The minimum absolute atomic E-state index is 0.0807. The Morgan fingerprint density at radius 2 is 1.63 bits per heavy atom. The summed E-state index contributed by atoms with van der Waals surface area (Å²) in [5.74, 6) is -0.497. The molecule has 0 radical (unpaired) electrons. The van der Waals surface area contributed by atoms with Gasteiger partial charge < -0.3 is 14.8 Å². The summed E-state index contributed by atoms with van der Waals surface area (Å²) in [4.78, 5) is 27.8. The van der Waals surface area contributed by atoms with Crippen molar-refractivity contribution < 1.29 is 18.0 Å². The van der Waals surface area contributed by atoms with Gasteiger partial charge in [-0.2, -0.15) is 4.31 Å². The zero-order valence-electron chi connectivity index (χ0n) is 19.6. The quantitative estimate of drug-likeness (QED) is 0.589. The fourth-order valence-corrected chi connectivity index (χ4v) is 6.34. The molecule has 0 spiro atoms. The van der Waals surface area contributed by atoms with Crippen molar-refractivity contribution in [3.8, 4) is 0 Å². The average Bonchev–Trinajstić information content (AvgIpc) is 3.49. The summed E-state index contributed by atoms with van der Waals surface area (Å²) >= 11 is 0. The number of nitrogens with zero attached hydrogens (tertiary/aromatic N) is 3. The van der Waals surface area contributed by atoms with Gasteiger partial charge in [0.15, 0.2) is 0 Å². The molecule has 1 N–H and O–H groups in total. The highest BCUT2D eigenvalue weighted by Crippen LogP contribution is 2.29. The number of nitrogens with one attached hydrogen (secondary N) is 1. The molecule has 0 atom stereocenters. The molecule has 2 aliphatic heterocycles. The third-order valence-corrected chi connectivity index (χ3v) is 8.55. The maximum atomic E-state index is 13.0. The lowest BCUT2D eigenvalue weighted by molar-refractivity contribution is 0.0987. The van der Waals surface area contributed by atoms with Gasteiger partial charge in [-0.15, -0.1) is 0 Å². The van der Waals surface area contributed by atoms with Gasteiger partial charge >= 0.3 is 0 Å². The number of piperidine rings is 1. The van der Waals surface area contributed by atoms with Crippen molar-refractivity contribution in [3.63, 3.8) is 0 Å². The van der Waals surface area contributed by atoms with E-state index in [1.807, 2.05) is 24.3 Å². The molecule has 0 bridgehead atoms. The van der Waals surface area contributed by atoms with Crippen LogP contribution in [0.2, 0.25) is 0 Å². The molecule has 8 nitrogen and oxygen atoms in total. The lowest BCUT2D eigenvalue weighted by Gasteiger charge is -2.25. The Bertz CT molecular complexity index is 1370. The molecule has 3 aromatic rings. The number of hydrogen-bond acceptors (Lipinski definition) is 4. The maximum Gasteiger partial charge on any atom is 0.272 e. The molecule has 0 saturated carbocycles. The predicted molar refractivity (Wildman–Crippen MR) is 134 cm³/mol. The molecule has 5 rings (SSSR count). The first-order valence-corrected chi connectivity index (χ1v) is 13.3. The number of carbonyl (C=O) groups excluding carboxylic acids is 2. The van der Waals surface area contributed by atoms with E-state index >= 15 is 0 Å². The number of benzene rings is 2. The molecule has 3 heterocycles. The van der Waals surface area contributed by atoms with E-state index in [1.54, 1.807) is 36.2 Å². The monoisotopic (exact) mass is 492 g/mol. The molecular formula is C26H28N4O4S. The van der Waals surface area contributed by atoms with E-state index in [0.717, 1.165) is 36.9 Å². The van der Waals surface area contributed by atoms with Crippen LogP contribution in [0.1, 0.15) is 45.7 Å². The van der Waals surface area contributed by atoms with E-state index in [1.165, 1.54) is 21.1 Å². The molecule has 9 heteroatoms. The number of rotatable bonds is 5. The van der Waals surface area contributed by atoms with Gasteiger partial charge in [0, 0.05) is 49.8 Å². The van der Waals surface area contributed by atoms with Crippen molar-refractivity contribution in [1.29, 1.82) is 0 Å². The fourth-order valence-electron chi connectivity index (χ4n) is 4.75. The number of hydrogen-bond donors (Lipinski definition) is 1. The predicted octanol–water partition coefficient (Wildman–Crippen LogP) is 3.65. The standard InChI is InChI=1S/C26H28N4O4S/c1-28-18-22(35(33,34)29-14-5-2-6-15-29)17-24(28)25(31)27-21-11-9-20(10-12-21)26(32)30-16-13-19-7-3-4-8-23(19)30/h3-4,7-12,17-18H,2,5-6,13-16H2,1H3,(H,27,31). The Labute approximate surface area is 205 Å². The van der Waals surface area contributed by atoms with Gasteiger partial charge in [0.1, 0.15) is 10.6 Å². The molecule has 1 aromatic heterocycles. The topological polar surface area (TPSA) is 91.7 Å². The molecule has 2 amide bonds. The molecule has 0 aliphatic carbocycles. The van der Waals surface area contributed by atoms with E-state index in [9.17, 15) is 18.0 Å². The SMILES string of the molecule is Cn1cc(S(=O)(=O)N2CCCCC2)cc1C(=O)Nc1ccc(C(=O)N2CCc3ccccc32)cc1. The number of amides is 2. The molecule has 2 aromatic carbocycles. The van der Waals surface area contributed by atoms with Crippen LogP contribution in [-0.4, -0.2) is 48.7 Å². The minimum Gasteiger partial charge on any atom is -0.345 e. The molecule has 2 aliphatic rings. The molecule has 0 unspecified atom stereocenters. The van der Waals surface area contributed by atoms with Crippen molar-refractivity contribution in [2.24, 2.45) is 7.05 Å². The lowest BCUT2D eigenvalue weighted by Crippen LogP contribution is -2.35. The number of para-hydroxylation sites is 1. The normalized spacial score (nSPS) is 16.2. The third-order valence-electron chi connectivity index (χ3n) is 6.69. The van der Waals surface area contributed by atoms with Gasteiger partial charge in [-0.3, -0.25) is 9.59 Å². The Balaban J connectivity index is 1.28. The van der Waals surface area contributed by atoms with Crippen LogP contribution in [0, 0.1) is 0 Å². The zero-order valence-corrected chi connectivity index (χ0v) is 20.4. The number of aryl methyl sites for hydroxylation is 1. The van der Waals surface area contributed by atoms with Crippen LogP contribution in [0.25, 0.3) is 0 Å². The largest absolute Gasteiger partial charge is 0.345 e. The number of aromatic nitrogens is 1. The van der Waals surface area contributed by atoms with E-state index in [4.69, 9.17) is 0 Å². The van der Waals surface area contributed by atoms with Crippen LogP contribution in [0.15, 0.2) is 65.7 Å². The van der Waals surface area contributed by atoms with Crippen LogP contribution in [0.3, 0.4) is 0 Å². The van der Waals surface area contributed by atoms with E-state index in [2.05, 4.69) is 5.32 Å². The third kappa shape index (κ3) is 4.49. The Hall–Kier alpha value is -3.43. The number of fused-ring (bicyclic) bond motifs is 1. The number of sulfonamides is 1. The van der Waals surface area contributed by atoms with E-state index in [-0.39, 0.29) is 16.5 Å². The Morgan fingerprint density at radius 3 is 2.37 bits per heavy atom. The summed E-state index contributed by atoms with van der Waals surface area (Å²) < 4.78 is 28.9. The summed E-state index contributed by atoms with van der Waals surface area (Å²) in [6, 6.07) is 16.1. The number of anilines is 2. The van der Waals surface area contributed by atoms with Crippen molar-refractivity contribution in [3.05, 3.63) is 77.6 Å². The van der Waals surface area contributed by atoms with Gasteiger partial charge in [0.25, 0.3) is 11.8 Å². The van der Waals surface area contributed by atoms with Crippen molar-refractivity contribution in [2.45, 2.75) is 30.6 Å². The average molecular weight is 493 g/mol. The number of carbonyl (C=O) groups is 2. The highest BCUT2D eigenvalue weighted by molar-refractivity contribution is 7.89. The minimum atomic E-state index is -3.62. The second kappa shape index (κ2) is 9.31. The maximum absolute atomic E-state index is 13.0. The summed E-state index contributed by atoms with van der Waals surface area (Å²) in [5.41, 5.74) is 3.40. The Kier molecular flexibility index (Phi) is 6.21. The molecule has 182 valence electrons. The van der Waals surface area contributed by atoms with Crippen molar-refractivity contribution in [1.82, 2.24) is 8.87 Å². The zero-order chi connectivity index (χ0) is 24.6. The van der Waals surface area contributed by atoms with Gasteiger partial charge in [-0.1, -0.05) is 24.6 Å². The first-order valence-electron chi connectivity index (χ1n) is 11.8. The first-order chi connectivity index (χ1) is 16.8. The van der Waals surface area contributed by atoms with Crippen LogP contribution in [0.5, 0.6) is 0 Å². The highest BCUT2D eigenvalue weighted by atomic mass is 32.2. The smallest absolute Gasteiger partial charge is 0.272 e. The highest BCUT2D eigenvalue weighted by Gasteiger charge is 2.29. The summed E-state index contributed by atoms with van der Waals surface area (Å²) in [6.07, 6.45) is 5.05. The van der Waals surface area contributed by atoms with Gasteiger partial charge in [0.05, 0.1) is 0 Å². The van der Waals surface area contributed by atoms with Crippen molar-refractivity contribution >= 4 is 33.2 Å². The molecule has 1 saturated heterocycles. The summed E-state index contributed by atoms with van der Waals surface area (Å²) in [5, 5.41) is 2.80. The van der Waals surface area contributed by atoms with Gasteiger partial charge in [-0.05, 0) is 61.2 Å². The fraction of sp³-hybridized carbons (Fsp3) is 0.308. The van der Waals surface area contributed by atoms with E-state index < -0.39 is 15.9 Å². The second-order valence-corrected chi connectivity index (χ2v) is 10.9. The molecule has 1 fully saturated rings. The van der Waals surface area contributed by atoms with Crippen LogP contribution < -0.4 is 10.2 Å². The lowest BCUT2D eigenvalue weighted by atomic mass is 10.1. The molecular weight excluding hydrogens is 464 g/mol. The van der Waals surface area contributed by atoms with Gasteiger partial charge in [0.2, 0.25) is 10.0 Å².